The molecule has 0 bridgehead atoms. The number of hydrogen-bond acceptors (Lipinski definition) is 4. The van der Waals surface area contributed by atoms with Gasteiger partial charge >= 0.3 is 0 Å². The number of rotatable bonds is 2. The van der Waals surface area contributed by atoms with Gasteiger partial charge in [-0.1, -0.05) is 20.8 Å². The molecule has 0 saturated heterocycles. The Labute approximate surface area is 83.1 Å². The molecule has 1 unspecified atom stereocenters. The van der Waals surface area contributed by atoms with Gasteiger partial charge < -0.3 is 0 Å². The molecule has 4 nitrogen and oxygen atoms in total. The van der Waals surface area contributed by atoms with E-state index in [1.807, 2.05) is 4.68 Å². The van der Waals surface area contributed by atoms with Gasteiger partial charge in [0.2, 0.25) is 0 Å². The molecule has 1 rings (SSSR count). The molecule has 0 aliphatic heterocycles. The molecule has 0 aliphatic rings. The zero-order valence-corrected chi connectivity index (χ0v) is 9.59. The Bertz CT molecular complexity index is 276. The van der Waals surface area contributed by atoms with E-state index in [2.05, 4.69) is 49.5 Å². The number of aromatic nitrogens is 4. The van der Waals surface area contributed by atoms with Crippen molar-refractivity contribution in [1.29, 1.82) is 0 Å². The van der Waals surface area contributed by atoms with E-state index in [0.717, 1.165) is 5.82 Å². The van der Waals surface area contributed by atoms with E-state index in [9.17, 15) is 0 Å². The average molecular weight is 200 g/mol. The number of thioether (sulfide) groups is 1. The summed E-state index contributed by atoms with van der Waals surface area (Å²) in [5, 5.41) is 12.0. The first kappa shape index (κ1) is 10.5. The van der Waals surface area contributed by atoms with E-state index in [0.29, 0.717) is 5.37 Å². The largest absolute Gasteiger partial charge is 0.216 e. The zero-order chi connectivity index (χ0) is 10.1. The normalized spacial score (nSPS) is 14.5. The summed E-state index contributed by atoms with van der Waals surface area (Å²) in [6.07, 6.45) is 2.05. The van der Waals surface area contributed by atoms with Crippen LogP contribution < -0.4 is 0 Å². The molecule has 0 N–H and O–H groups in total. The van der Waals surface area contributed by atoms with Crippen molar-refractivity contribution in [1.82, 2.24) is 20.2 Å². The maximum Gasteiger partial charge on any atom is 0.157 e. The summed E-state index contributed by atoms with van der Waals surface area (Å²) in [7, 11) is 0. The Kier molecular flexibility index (Phi) is 2.95. The first-order chi connectivity index (χ1) is 5.96. The van der Waals surface area contributed by atoms with Crippen molar-refractivity contribution in [3.8, 4) is 0 Å². The van der Waals surface area contributed by atoms with Crippen molar-refractivity contribution in [2.75, 3.05) is 6.26 Å². The molecular weight excluding hydrogens is 184 g/mol. The summed E-state index contributed by atoms with van der Waals surface area (Å²) >= 11 is 1.73. The van der Waals surface area contributed by atoms with Gasteiger partial charge in [-0.2, -0.15) is 0 Å². The van der Waals surface area contributed by atoms with Gasteiger partial charge in [0.05, 0.1) is 5.37 Å². The molecule has 13 heavy (non-hydrogen) atoms. The molecule has 0 spiro atoms. The van der Waals surface area contributed by atoms with Gasteiger partial charge in [0.1, 0.15) is 0 Å². The minimum Gasteiger partial charge on any atom is -0.216 e. The van der Waals surface area contributed by atoms with Gasteiger partial charge in [0, 0.05) is 5.41 Å². The molecule has 1 heterocycles. The molecule has 1 aromatic rings. The highest BCUT2D eigenvalue weighted by Crippen LogP contribution is 2.25. The topological polar surface area (TPSA) is 43.6 Å². The van der Waals surface area contributed by atoms with Crippen molar-refractivity contribution >= 4 is 11.8 Å². The summed E-state index contributed by atoms with van der Waals surface area (Å²) in [6, 6.07) is 0. The van der Waals surface area contributed by atoms with Crippen LogP contribution in [-0.4, -0.2) is 26.5 Å². The minimum atomic E-state index is 0.00743. The highest BCUT2D eigenvalue weighted by Gasteiger charge is 2.23. The van der Waals surface area contributed by atoms with Gasteiger partial charge in [-0.05, 0) is 23.6 Å². The zero-order valence-electron chi connectivity index (χ0n) is 8.77. The number of nitrogens with zero attached hydrogens (tertiary/aromatic N) is 4. The molecule has 5 heteroatoms. The van der Waals surface area contributed by atoms with Crippen LogP contribution >= 0.6 is 11.8 Å². The van der Waals surface area contributed by atoms with Gasteiger partial charge in [0.15, 0.2) is 5.82 Å². The average Bonchev–Trinajstić information content (AvgIpc) is 2.49. The third kappa shape index (κ3) is 2.21. The Morgan fingerprint density at radius 3 is 2.46 bits per heavy atom. The van der Waals surface area contributed by atoms with Crippen LogP contribution in [0, 0.1) is 0 Å². The van der Waals surface area contributed by atoms with Crippen LogP contribution in [0.4, 0.5) is 0 Å². The predicted octanol–water partition coefficient (Wildman–Crippen LogP) is 1.85. The van der Waals surface area contributed by atoms with Crippen LogP contribution in [0.2, 0.25) is 0 Å². The smallest absolute Gasteiger partial charge is 0.157 e. The molecular formula is C8H16N4S. The fourth-order valence-electron chi connectivity index (χ4n) is 1.03. The van der Waals surface area contributed by atoms with Gasteiger partial charge in [0.25, 0.3) is 0 Å². The number of tetrazole rings is 1. The lowest BCUT2D eigenvalue weighted by atomic mass is 9.96. The molecule has 1 aromatic heterocycles. The third-order valence-corrected chi connectivity index (χ3v) is 2.73. The summed E-state index contributed by atoms with van der Waals surface area (Å²) < 4.78 is 1.88. The molecule has 1 atom stereocenters. The Morgan fingerprint density at radius 2 is 2.00 bits per heavy atom. The van der Waals surface area contributed by atoms with E-state index in [1.54, 1.807) is 11.8 Å². The van der Waals surface area contributed by atoms with Gasteiger partial charge in [-0.15, -0.1) is 16.9 Å². The van der Waals surface area contributed by atoms with Crippen molar-refractivity contribution in [3.05, 3.63) is 5.82 Å². The van der Waals surface area contributed by atoms with Crippen molar-refractivity contribution < 1.29 is 0 Å². The van der Waals surface area contributed by atoms with Gasteiger partial charge in [-0.25, -0.2) is 4.68 Å². The lowest BCUT2D eigenvalue weighted by molar-refractivity contribution is 0.478. The third-order valence-electron chi connectivity index (χ3n) is 1.85. The SMILES string of the molecule is CSC(C)n1nnnc1C(C)(C)C. The molecule has 0 aromatic carbocycles. The molecule has 0 radical (unpaired) electrons. The summed E-state index contributed by atoms with van der Waals surface area (Å²) in [4.78, 5) is 0. The second-order valence-electron chi connectivity index (χ2n) is 4.03. The van der Waals surface area contributed by atoms with E-state index >= 15 is 0 Å². The second kappa shape index (κ2) is 3.65. The molecule has 74 valence electrons. The Hall–Kier alpha value is -0.580. The standard InChI is InChI=1S/C8H16N4S/c1-6(13-5)12-7(8(2,3)4)9-10-11-12/h6H,1-5H3. The maximum absolute atomic E-state index is 4.04. The van der Waals surface area contributed by atoms with Crippen LogP contribution in [0.1, 0.15) is 38.9 Å². The minimum absolute atomic E-state index is 0.00743. The fourth-order valence-corrected chi connectivity index (χ4v) is 1.37. The summed E-state index contributed by atoms with van der Waals surface area (Å²) in [5.74, 6) is 0.939. The molecule has 0 saturated carbocycles. The van der Waals surface area contributed by atoms with E-state index in [-0.39, 0.29) is 5.41 Å². The fraction of sp³-hybridized carbons (Fsp3) is 0.875. The highest BCUT2D eigenvalue weighted by atomic mass is 32.2. The Morgan fingerprint density at radius 1 is 1.38 bits per heavy atom. The molecule has 0 amide bonds. The van der Waals surface area contributed by atoms with E-state index < -0.39 is 0 Å². The van der Waals surface area contributed by atoms with Crippen LogP contribution in [0.5, 0.6) is 0 Å². The highest BCUT2D eigenvalue weighted by molar-refractivity contribution is 7.98. The van der Waals surface area contributed by atoms with Crippen molar-refractivity contribution in [3.63, 3.8) is 0 Å². The number of hydrogen-bond donors (Lipinski definition) is 0. The van der Waals surface area contributed by atoms with E-state index in [4.69, 9.17) is 0 Å². The first-order valence-electron chi connectivity index (χ1n) is 4.28. The molecule has 0 fully saturated rings. The lowest BCUT2D eigenvalue weighted by Gasteiger charge is -2.19. The monoisotopic (exact) mass is 200 g/mol. The first-order valence-corrected chi connectivity index (χ1v) is 5.56. The van der Waals surface area contributed by atoms with E-state index in [1.165, 1.54) is 0 Å². The Balaban J connectivity index is 3.03. The van der Waals surface area contributed by atoms with Gasteiger partial charge in [-0.3, -0.25) is 0 Å². The quantitative estimate of drug-likeness (QED) is 0.731. The van der Waals surface area contributed by atoms with Crippen molar-refractivity contribution in [2.24, 2.45) is 0 Å². The maximum atomic E-state index is 4.04. The van der Waals surface area contributed by atoms with Crippen molar-refractivity contribution in [2.45, 2.75) is 38.5 Å². The lowest BCUT2D eigenvalue weighted by Crippen LogP contribution is -2.20. The summed E-state index contributed by atoms with van der Waals surface area (Å²) in [6.45, 7) is 8.43. The van der Waals surface area contributed by atoms with Crippen LogP contribution in [0.25, 0.3) is 0 Å². The summed E-state index contributed by atoms with van der Waals surface area (Å²) in [5.41, 5.74) is 0.00743. The molecule has 0 aliphatic carbocycles. The predicted molar refractivity (Wildman–Crippen MR) is 54.7 cm³/mol. The second-order valence-corrected chi connectivity index (χ2v) is 5.19. The van der Waals surface area contributed by atoms with Crippen LogP contribution in [-0.2, 0) is 5.41 Å². The van der Waals surface area contributed by atoms with Crippen LogP contribution in [0.15, 0.2) is 0 Å². The van der Waals surface area contributed by atoms with Crippen LogP contribution in [0.3, 0.4) is 0 Å².